The summed E-state index contributed by atoms with van der Waals surface area (Å²) >= 11 is 6.17. The van der Waals surface area contributed by atoms with E-state index in [1.54, 1.807) is 6.92 Å². The van der Waals surface area contributed by atoms with Gasteiger partial charge in [0.05, 0.1) is 12.3 Å². The van der Waals surface area contributed by atoms with E-state index in [1.807, 2.05) is 43.1 Å². The van der Waals surface area contributed by atoms with Crippen LogP contribution in [-0.2, 0) is 16.4 Å². The first-order valence-electron chi connectivity index (χ1n) is 7.33. The lowest BCUT2D eigenvalue weighted by atomic mass is 10.2. The van der Waals surface area contributed by atoms with Gasteiger partial charge in [-0.05, 0) is 18.6 Å². The van der Waals surface area contributed by atoms with Crippen LogP contribution >= 0.6 is 35.6 Å². The highest BCUT2D eigenvalue weighted by molar-refractivity contribution is 14.0. The molecule has 0 amide bonds. The first kappa shape index (κ1) is 22.5. The van der Waals surface area contributed by atoms with Gasteiger partial charge in [-0.15, -0.1) is 24.0 Å². The SMILES string of the molecule is CCNC(=NCCS(=O)(=O)CC)N(C)Cc1ccccc1Cl.I. The van der Waals surface area contributed by atoms with Gasteiger partial charge in [-0.3, -0.25) is 4.99 Å². The lowest BCUT2D eigenvalue weighted by molar-refractivity contribution is 0.477. The standard InChI is InChI=1S/C15H24ClN3O2S.HI/c1-4-17-15(18-10-11-22(20,21)5-2)19(3)12-13-8-6-7-9-14(13)16;/h6-9H,4-5,10-12H2,1-3H3,(H,17,18);1H. The number of sulfone groups is 1. The minimum absolute atomic E-state index is 0. The Kier molecular flexibility index (Phi) is 10.8. The third-order valence-electron chi connectivity index (χ3n) is 3.17. The molecule has 8 heteroatoms. The molecular weight excluding hydrogens is 449 g/mol. The van der Waals surface area contributed by atoms with Gasteiger partial charge in [-0.25, -0.2) is 8.42 Å². The summed E-state index contributed by atoms with van der Waals surface area (Å²) in [5.74, 6) is 0.890. The van der Waals surface area contributed by atoms with Crippen LogP contribution in [0.3, 0.4) is 0 Å². The molecule has 0 saturated carbocycles. The molecule has 1 rings (SSSR count). The number of rotatable bonds is 7. The number of benzene rings is 1. The van der Waals surface area contributed by atoms with Crippen molar-refractivity contribution in [1.82, 2.24) is 10.2 Å². The van der Waals surface area contributed by atoms with Gasteiger partial charge in [0.1, 0.15) is 0 Å². The molecule has 23 heavy (non-hydrogen) atoms. The molecule has 0 radical (unpaired) electrons. The number of halogens is 2. The number of nitrogens with zero attached hydrogens (tertiary/aromatic N) is 2. The van der Waals surface area contributed by atoms with E-state index in [1.165, 1.54) is 0 Å². The van der Waals surface area contributed by atoms with Crippen LogP contribution in [0.5, 0.6) is 0 Å². The van der Waals surface area contributed by atoms with Gasteiger partial charge in [0.15, 0.2) is 15.8 Å². The average molecular weight is 474 g/mol. The highest BCUT2D eigenvalue weighted by Crippen LogP contribution is 2.16. The molecule has 1 aromatic carbocycles. The molecule has 1 N–H and O–H groups in total. The summed E-state index contributed by atoms with van der Waals surface area (Å²) in [6.07, 6.45) is 0. The smallest absolute Gasteiger partial charge is 0.193 e. The average Bonchev–Trinajstić information content (AvgIpc) is 2.48. The molecule has 132 valence electrons. The van der Waals surface area contributed by atoms with Crippen molar-refractivity contribution < 1.29 is 8.42 Å². The molecule has 0 aromatic heterocycles. The number of guanidine groups is 1. The lowest BCUT2D eigenvalue weighted by Crippen LogP contribution is -2.38. The quantitative estimate of drug-likeness (QED) is 0.376. The van der Waals surface area contributed by atoms with E-state index in [0.29, 0.717) is 24.1 Å². The number of nitrogens with one attached hydrogen (secondary N) is 1. The summed E-state index contributed by atoms with van der Waals surface area (Å²) in [6, 6.07) is 7.64. The molecule has 0 aliphatic rings. The van der Waals surface area contributed by atoms with Crippen LogP contribution in [0.25, 0.3) is 0 Å². The molecule has 0 spiro atoms. The van der Waals surface area contributed by atoms with Crippen LogP contribution in [0.2, 0.25) is 5.02 Å². The van der Waals surface area contributed by atoms with Gasteiger partial charge in [0.25, 0.3) is 0 Å². The minimum Gasteiger partial charge on any atom is -0.357 e. The van der Waals surface area contributed by atoms with Gasteiger partial charge in [0.2, 0.25) is 0 Å². The van der Waals surface area contributed by atoms with Crippen molar-refractivity contribution in [2.75, 3.05) is 31.6 Å². The highest BCUT2D eigenvalue weighted by atomic mass is 127. The van der Waals surface area contributed by atoms with Gasteiger partial charge < -0.3 is 10.2 Å². The van der Waals surface area contributed by atoms with E-state index in [2.05, 4.69) is 10.3 Å². The first-order chi connectivity index (χ1) is 10.4. The highest BCUT2D eigenvalue weighted by Gasteiger charge is 2.10. The van der Waals surface area contributed by atoms with Crippen LogP contribution in [0.4, 0.5) is 0 Å². The maximum atomic E-state index is 11.5. The molecule has 5 nitrogen and oxygen atoms in total. The Morgan fingerprint density at radius 2 is 1.96 bits per heavy atom. The summed E-state index contributed by atoms with van der Waals surface area (Å²) in [5.41, 5.74) is 0.999. The molecule has 0 saturated heterocycles. The van der Waals surface area contributed by atoms with Crippen molar-refractivity contribution in [2.45, 2.75) is 20.4 Å². The fourth-order valence-corrected chi connectivity index (χ4v) is 2.72. The molecular formula is C15H25ClIN3O2S. The Labute approximate surface area is 161 Å². The lowest BCUT2D eigenvalue weighted by Gasteiger charge is -2.22. The molecule has 0 bridgehead atoms. The van der Waals surface area contributed by atoms with Gasteiger partial charge in [-0.1, -0.05) is 36.7 Å². The summed E-state index contributed by atoms with van der Waals surface area (Å²) in [6.45, 7) is 5.19. The third-order valence-corrected chi connectivity index (χ3v) is 5.22. The summed E-state index contributed by atoms with van der Waals surface area (Å²) in [7, 11) is -1.09. The minimum atomic E-state index is -3.00. The zero-order chi connectivity index (χ0) is 16.6. The van der Waals surface area contributed by atoms with Crippen molar-refractivity contribution in [3.63, 3.8) is 0 Å². The third kappa shape index (κ3) is 8.21. The maximum Gasteiger partial charge on any atom is 0.193 e. The van der Waals surface area contributed by atoms with E-state index in [9.17, 15) is 8.42 Å². The Morgan fingerprint density at radius 3 is 2.52 bits per heavy atom. The zero-order valence-electron chi connectivity index (χ0n) is 13.8. The molecule has 0 aliphatic heterocycles. The van der Waals surface area contributed by atoms with Crippen LogP contribution in [0.1, 0.15) is 19.4 Å². The molecule has 0 heterocycles. The summed E-state index contributed by atoms with van der Waals surface area (Å²) in [4.78, 5) is 6.32. The van der Waals surface area contributed by atoms with Crippen molar-refractivity contribution in [3.8, 4) is 0 Å². The van der Waals surface area contributed by atoms with E-state index in [0.717, 1.165) is 5.56 Å². The molecule has 0 unspecified atom stereocenters. The van der Waals surface area contributed by atoms with Crippen LogP contribution in [-0.4, -0.2) is 50.9 Å². The molecule has 0 atom stereocenters. The largest absolute Gasteiger partial charge is 0.357 e. The molecule has 0 aliphatic carbocycles. The fourth-order valence-electron chi connectivity index (χ4n) is 1.86. The van der Waals surface area contributed by atoms with Crippen LogP contribution in [0.15, 0.2) is 29.3 Å². The predicted octanol–water partition coefficient (Wildman–Crippen LogP) is 2.79. The first-order valence-corrected chi connectivity index (χ1v) is 9.52. The van der Waals surface area contributed by atoms with Gasteiger partial charge in [0, 0.05) is 30.9 Å². The summed E-state index contributed by atoms with van der Waals surface area (Å²) in [5, 5.41) is 3.87. The van der Waals surface area contributed by atoms with Crippen LogP contribution in [0, 0.1) is 0 Å². The van der Waals surface area contributed by atoms with Crippen LogP contribution < -0.4 is 5.32 Å². The zero-order valence-corrected chi connectivity index (χ0v) is 17.7. The Balaban J connectivity index is 0.00000484. The Hall–Kier alpha value is -0.540. The van der Waals surface area contributed by atoms with Crippen molar-refractivity contribution in [1.29, 1.82) is 0 Å². The molecule has 0 fully saturated rings. The summed E-state index contributed by atoms with van der Waals surface area (Å²) < 4.78 is 23.0. The van der Waals surface area contributed by atoms with E-state index < -0.39 is 9.84 Å². The normalized spacial score (nSPS) is 11.7. The van der Waals surface area contributed by atoms with E-state index >= 15 is 0 Å². The van der Waals surface area contributed by atoms with Crippen molar-refractivity contribution in [2.24, 2.45) is 4.99 Å². The van der Waals surface area contributed by atoms with Gasteiger partial charge in [-0.2, -0.15) is 0 Å². The molecule has 1 aromatic rings. The second kappa shape index (κ2) is 11.1. The van der Waals surface area contributed by atoms with E-state index in [4.69, 9.17) is 11.6 Å². The predicted molar refractivity (Wildman–Crippen MR) is 109 cm³/mol. The number of hydrogen-bond acceptors (Lipinski definition) is 3. The fraction of sp³-hybridized carbons (Fsp3) is 0.533. The van der Waals surface area contributed by atoms with Crippen molar-refractivity contribution >= 4 is 51.4 Å². The topological polar surface area (TPSA) is 61.8 Å². The monoisotopic (exact) mass is 473 g/mol. The van der Waals surface area contributed by atoms with Gasteiger partial charge >= 0.3 is 0 Å². The van der Waals surface area contributed by atoms with Crippen molar-refractivity contribution in [3.05, 3.63) is 34.9 Å². The Bertz CT molecular complexity index is 608. The second-order valence-electron chi connectivity index (χ2n) is 4.92. The number of hydrogen-bond donors (Lipinski definition) is 1. The second-order valence-corrected chi connectivity index (χ2v) is 7.80. The van der Waals surface area contributed by atoms with E-state index in [-0.39, 0.29) is 42.0 Å². The maximum absolute atomic E-state index is 11.5. The Morgan fingerprint density at radius 1 is 1.30 bits per heavy atom. The number of aliphatic imine (C=N–C) groups is 1.